The molecule has 2 unspecified atom stereocenters. The lowest BCUT2D eigenvalue weighted by atomic mass is 10.0. The molecule has 0 heterocycles. The summed E-state index contributed by atoms with van der Waals surface area (Å²) < 4.78 is 18.9. The van der Waals surface area contributed by atoms with Gasteiger partial charge in [-0.3, -0.25) is 4.79 Å². The molecule has 0 saturated carbocycles. The summed E-state index contributed by atoms with van der Waals surface area (Å²) in [6.07, 6.45) is -0.323. The highest BCUT2D eigenvalue weighted by Gasteiger charge is 2.26. The van der Waals surface area contributed by atoms with Crippen LogP contribution in [0.3, 0.4) is 0 Å². The molecule has 0 radical (unpaired) electrons. The van der Waals surface area contributed by atoms with Gasteiger partial charge in [0.25, 0.3) is 5.91 Å². The second-order valence-electron chi connectivity index (χ2n) is 5.47. The third-order valence-corrected chi connectivity index (χ3v) is 3.09. The van der Waals surface area contributed by atoms with E-state index >= 15 is 0 Å². The summed E-state index contributed by atoms with van der Waals surface area (Å²) in [5, 5.41) is 11.6. The lowest BCUT2D eigenvalue weighted by Crippen LogP contribution is -2.47. The number of carboxylic acids is 1. The molecule has 22 heavy (non-hydrogen) atoms. The number of hydrogen-bond donors (Lipinski definition) is 2. The molecular weight excluding hydrogens is 289 g/mol. The van der Waals surface area contributed by atoms with Crippen LogP contribution in [0.1, 0.15) is 33.6 Å². The number of amides is 1. The highest BCUT2D eigenvalue weighted by Crippen LogP contribution is 2.18. The fourth-order valence-corrected chi connectivity index (χ4v) is 1.97. The van der Waals surface area contributed by atoms with Gasteiger partial charge in [-0.15, -0.1) is 0 Å². The molecule has 0 aliphatic rings. The Labute approximate surface area is 129 Å². The van der Waals surface area contributed by atoms with Crippen molar-refractivity contribution in [3.8, 4) is 5.75 Å². The third-order valence-electron chi connectivity index (χ3n) is 3.09. The minimum Gasteiger partial charge on any atom is -0.480 e. The molecule has 0 fully saturated rings. The predicted octanol–water partition coefficient (Wildman–Crippen LogP) is 2.60. The summed E-state index contributed by atoms with van der Waals surface area (Å²) in [5.74, 6) is -2.12. The number of ether oxygens (including phenoxy) is 1. The normalized spacial score (nSPS) is 13.5. The van der Waals surface area contributed by atoms with Crippen molar-refractivity contribution in [3.63, 3.8) is 0 Å². The quantitative estimate of drug-likeness (QED) is 0.774. The maximum Gasteiger partial charge on any atom is 0.326 e. The standard InChI is InChI=1S/C16H22FNO4/c1-4-13(22-14-8-6-5-7-11(14)17)15(19)18-12(16(20)21)9-10(2)3/h5-8,10,12-13H,4,9H2,1-3H3,(H,18,19)(H,20,21). The monoisotopic (exact) mass is 311 g/mol. The summed E-state index contributed by atoms with van der Waals surface area (Å²) >= 11 is 0. The van der Waals surface area contributed by atoms with E-state index in [9.17, 15) is 14.0 Å². The Morgan fingerprint density at radius 3 is 2.45 bits per heavy atom. The molecular formula is C16H22FNO4. The minimum absolute atomic E-state index is 0.0276. The number of hydrogen-bond acceptors (Lipinski definition) is 3. The topological polar surface area (TPSA) is 75.6 Å². The Balaban J connectivity index is 2.75. The number of carboxylic acid groups (broad SMARTS) is 1. The van der Waals surface area contributed by atoms with Gasteiger partial charge in [-0.1, -0.05) is 32.9 Å². The van der Waals surface area contributed by atoms with Crippen LogP contribution in [0.2, 0.25) is 0 Å². The second kappa shape index (κ2) is 8.36. The number of para-hydroxylation sites is 1. The summed E-state index contributed by atoms with van der Waals surface area (Å²) in [4.78, 5) is 23.3. The Morgan fingerprint density at radius 2 is 1.95 bits per heavy atom. The van der Waals surface area contributed by atoms with Crippen LogP contribution in [-0.2, 0) is 9.59 Å². The Kier molecular flexibility index (Phi) is 6.82. The van der Waals surface area contributed by atoms with Crippen LogP contribution < -0.4 is 10.1 Å². The molecule has 0 aliphatic carbocycles. The van der Waals surface area contributed by atoms with Gasteiger partial charge in [0.15, 0.2) is 17.7 Å². The minimum atomic E-state index is -1.09. The van der Waals surface area contributed by atoms with Gasteiger partial charge in [0.2, 0.25) is 0 Å². The first-order valence-electron chi connectivity index (χ1n) is 7.29. The third kappa shape index (κ3) is 5.35. The molecule has 1 rings (SSSR count). The molecule has 1 amide bonds. The van der Waals surface area contributed by atoms with Crippen LogP contribution in [-0.4, -0.2) is 29.1 Å². The lowest BCUT2D eigenvalue weighted by molar-refractivity contribution is -0.143. The van der Waals surface area contributed by atoms with Crippen LogP contribution >= 0.6 is 0 Å². The van der Waals surface area contributed by atoms with Crippen molar-refractivity contribution in [3.05, 3.63) is 30.1 Å². The largest absolute Gasteiger partial charge is 0.480 e. The zero-order chi connectivity index (χ0) is 16.7. The van der Waals surface area contributed by atoms with Gasteiger partial charge in [0.1, 0.15) is 6.04 Å². The van der Waals surface area contributed by atoms with Crippen LogP contribution in [0.5, 0.6) is 5.75 Å². The highest BCUT2D eigenvalue weighted by molar-refractivity contribution is 5.86. The summed E-state index contributed by atoms with van der Waals surface area (Å²) in [6.45, 7) is 5.45. The molecule has 0 spiro atoms. The van der Waals surface area contributed by atoms with Crippen molar-refractivity contribution in [2.75, 3.05) is 0 Å². The van der Waals surface area contributed by atoms with E-state index in [1.165, 1.54) is 18.2 Å². The molecule has 0 aromatic heterocycles. The van der Waals surface area contributed by atoms with Crippen molar-refractivity contribution < 1.29 is 23.8 Å². The molecule has 1 aromatic rings. The maximum atomic E-state index is 13.6. The van der Waals surface area contributed by atoms with Crippen LogP contribution in [0.15, 0.2) is 24.3 Å². The number of aliphatic carboxylic acids is 1. The predicted molar refractivity (Wildman–Crippen MR) is 80.1 cm³/mol. The van der Waals surface area contributed by atoms with Crippen molar-refractivity contribution in [2.24, 2.45) is 5.92 Å². The van der Waals surface area contributed by atoms with Crippen LogP contribution in [0, 0.1) is 11.7 Å². The van der Waals surface area contributed by atoms with Gasteiger partial charge in [-0.25, -0.2) is 9.18 Å². The molecule has 1 aromatic carbocycles. The van der Waals surface area contributed by atoms with Gasteiger partial charge in [0, 0.05) is 0 Å². The molecule has 6 heteroatoms. The van der Waals surface area contributed by atoms with E-state index in [-0.39, 0.29) is 11.7 Å². The van der Waals surface area contributed by atoms with E-state index in [2.05, 4.69) is 5.32 Å². The lowest BCUT2D eigenvalue weighted by Gasteiger charge is -2.21. The molecule has 5 nitrogen and oxygen atoms in total. The molecule has 0 bridgehead atoms. The fourth-order valence-electron chi connectivity index (χ4n) is 1.97. The first kappa shape index (κ1) is 17.9. The Morgan fingerprint density at radius 1 is 1.32 bits per heavy atom. The van der Waals surface area contributed by atoms with Crippen molar-refractivity contribution in [1.29, 1.82) is 0 Å². The van der Waals surface area contributed by atoms with E-state index < -0.39 is 29.8 Å². The maximum absolute atomic E-state index is 13.6. The van der Waals surface area contributed by atoms with Gasteiger partial charge < -0.3 is 15.2 Å². The number of halogens is 1. The zero-order valence-electron chi connectivity index (χ0n) is 13.0. The van der Waals surface area contributed by atoms with Crippen molar-refractivity contribution in [1.82, 2.24) is 5.32 Å². The number of rotatable bonds is 8. The Hall–Kier alpha value is -2.11. The van der Waals surface area contributed by atoms with E-state index in [1.807, 2.05) is 13.8 Å². The average molecular weight is 311 g/mol. The van der Waals surface area contributed by atoms with Gasteiger partial charge >= 0.3 is 5.97 Å². The van der Waals surface area contributed by atoms with Gasteiger partial charge in [-0.2, -0.15) is 0 Å². The summed E-state index contributed by atoms with van der Waals surface area (Å²) in [5.41, 5.74) is 0. The first-order chi connectivity index (χ1) is 10.3. The highest BCUT2D eigenvalue weighted by atomic mass is 19.1. The number of benzene rings is 1. The molecule has 2 N–H and O–H groups in total. The van der Waals surface area contributed by atoms with Gasteiger partial charge in [0.05, 0.1) is 0 Å². The SMILES string of the molecule is CCC(Oc1ccccc1F)C(=O)NC(CC(C)C)C(=O)O. The molecule has 122 valence electrons. The zero-order valence-corrected chi connectivity index (χ0v) is 13.0. The van der Waals surface area contributed by atoms with E-state index in [1.54, 1.807) is 13.0 Å². The van der Waals surface area contributed by atoms with E-state index in [4.69, 9.17) is 9.84 Å². The van der Waals surface area contributed by atoms with Crippen molar-refractivity contribution in [2.45, 2.75) is 45.8 Å². The average Bonchev–Trinajstić information content (AvgIpc) is 2.45. The molecule has 0 saturated heterocycles. The fraction of sp³-hybridized carbons (Fsp3) is 0.500. The summed E-state index contributed by atoms with van der Waals surface area (Å²) in [7, 11) is 0. The van der Waals surface area contributed by atoms with Crippen LogP contribution in [0.25, 0.3) is 0 Å². The summed E-state index contributed by atoms with van der Waals surface area (Å²) in [6, 6.07) is 4.80. The van der Waals surface area contributed by atoms with Gasteiger partial charge in [-0.05, 0) is 30.9 Å². The van der Waals surface area contributed by atoms with Crippen molar-refractivity contribution >= 4 is 11.9 Å². The number of carbonyl (C=O) groups excluding carboxylic acids is 1. The number of nitrogens with one attached hydrogen (secondary N) is 1. The smallest absolute Gasteiger partial charge is 0.326 e. The van der Waals surface area contributed by atoms with E-state index in [0.29, 0.717) is 12.8 Å². The Bertz CT molecular complexity index is 519. The van der Waals surface area contributed by atoms with Crippen LogP contribution in [0.4, 0.5) is 4.39 Å². The number of carbonyl (C=O) groups is 2. The molecule has 2 atom stereocenters. The van der Waals surface area contributed by atoms with E-state index in [0.717, 1.165) is 0 Å². The molecule has 0 aliphatic heterocycles. The first-order valence-corrected chi connectivity index (χ1v) is 7.29. The second-order valence-corrected chi connectivity index (χ2v) is 5.47.